The number of rotatable bonds is 4. The minimum atomic E-state index is -0.821. The Morgan fingerprint density at radius 1 is 1.09 bits per heavy atom. The highest BCUT2D eigenvalue weighted by Crippen LogP contribution is 2.42. The molecule has 1 saturated heterocycles. The number of aromatic hydroxyl groups is 1. The van der Waals surface area contributed by atoms with Gasteiger partial charge in [-0.2, -0.15) is 0 Å². The molecule has 0 bridgehead atoms. The van der Waals surface area contributed by atoms with Gasteiger partial charge in [0.25, 0.3) is 11.7 Å². The van der Waals surface area contributed by atoms with E-state index in [1.807, 2.05) is 11.9 Å². The van der Waals surface area contributed by atoms with Gasteiger partial charge in [0.2, 0.25) is 0 Å². The number of hydrogen-bond donors (Lipinski definition) is 2. The molecule has 3 heterocycles. The molecule has 3 aromatic rings. The minimum absolute atomic E-state index is 0.00377. The van der Waals surface area contributed by atoms with E-state index in [-0.39, 0.29) is 23.6 Å². The first-order valence-electron chi connectivity index (χ1n) is 10.9. The topological polar surface area (TPSA) is 103 Å². The maximum Gasteiger partial charge on any atom is 0.295 e. The van der Waals surface area contributed by atoms with Crippen LogP contribution < -0.4 is 9.64 Å². The number of likely N-dealkylation sites (N-methyl/N-ethyl adjacent to an activating group) is 1. The summed E-state index contributed by atoms with van der Waals surface area (Å²) in [7, 11) is 1.93. The number of carbonyl (C=O) groups is 2. The molecule has 34 heavy (non-hydrogen) atoms. The van der Waals surface area contributed by atoms with Crippen molar-refractivity contribution in [1.29, 1.82) is 0 Å². The zero-order valence-corrected chi connectivity index (χ0v) is 18.5. The van der Waals surface area contributed by atoms with Crippen LogP contribution in [0.2, 0.25) is 0 Å². The van der Waals surface area contributed by atoms with Crippen LogP contribution in [-0.2, 0) is 16.1 Å². The van der Waals surface area contributed by atoms with E-state index in [0.717, 1.165) is 11.3 Å². The number of likely N-dealkylation sites (tertiary alicyclic amines) is 1. The highest BCUT2D eigenvalue weighted by molar-refractivity contribution is 6.46. The van der Waals surface area contributed by atoms with E-state index in [1.54, 1.807) is 54.9 Å². The minimum Gasteiger partial charge on any atom is -0.508 e. The molecule has 0 saturated carbocycles. The zero-order chi connectivity index (χ0) is 23.8. The normalized spacial score (nSPS) is 19.1. The lowest BCUT2D eigenvalue weighted by Gasteiger charge is -2.28. The highest BCUT2D eigenvalue weighted by Gasteiger charge is 2.46. The van der Waals surface area contributed by atoms with E-state index in [0.29, 0.717) is 30.0 Å². The van der Waals surface area contributed by atoms with Crippen molar-refractivity contribution in [3.05, 3.63) is 89.3 Å². The Balaban J connectivity index is 1.64. The fourth-order valence-corrected chi connectivity index (χ4v) is 4.38. The van der Waals surface area contributed by atoms with Crippen LogP contribution in [0.5, 0.6) is 11.5 Å². The van der Waals surface area contributed by atoms with Gasteiger partial charge in [-0.3, -0.25) is 14.6 Å². The third-order valence-corrected chi connectivity index (χ3v) is 6.18. The van der Waals surface area contributed by atoms with Gasteiger partial charge in [-0.15, -0.1) is 0 Å². The van der Waals surface area contributed by atoms with Gasteiger partial charge in [0.1, 0.15) is 23.9 Å². The predicted molar refractivity (Wildman–Crippen MR) is 125 cm³/mol. The molecule has 2 aliphatic heterocycles. The van der Waals surface area contributed by atoms with Crippen molar-refractivity contribution in [2.24, 2.45) is 0 Å². The molecule has 8 nitrogen and oxygen atoms in total. The van der Waals surface area contributed by atoms with E-state index in [1.165, 1.54) is 17.0 Å². The first-order chi connectivity index (χ1) is 16.4. The van der Waals surface area contributed by atoms with Crippen molar-refractivity contribution >= 4 is 23.1 Å². The molecule has 2 aliphatic rings. The largest absolute Gasteiger partial charge is 0.508 e. The number of phenolic OH excluding ortho intramolecular Hbond substituents is 1. The molecular formula is C26H23N3O5. The Morgan fingerprint density at radius 2 is 1.82 bits per heavy atom. The molecule has 0 radical (unpaired) electrons. The monoisotopic (exact) mass is 457 g/mol. The fourth-order valence-electron chi connectivity index (χ4n) is 4.38. The molecule has 1 aromatic heterocycles. The van der Waals surface area contributed by atoms with Crippen molar-refractivity contribution < 1.29 is 24.5 Å². The van der Waals surface area contributed by atoms with Crippen molar-refractivity contribution in [2.45, 2.75) is 12.6 Å². The van der Waals surface area contributed by atoms with Gasteiger partial charge in [-0.1, -0.05) is 12.1 Å². The first kappa shape index (κ1) is 21.5. The molecule has 1 atom stereocenters. The summed E-state index contributed by atoms with van der Waals surface area (Å²) in [5.74, 6) is -0.955. The summed E-state index contributed by atoms with van der Waals surface area (Å²) in [6.45, 7) is 1.42. The number of aliphatic hydroxyl groups excluding tert-OH is 1. The van der Waals surface area contributed by atoms with Gasteiger partial charge in [0.05, 0.1) is 23.8 Å². The van der Waals surface area contributed by atoms with Gasteiger partial charge in [0.15, 0.2) is 0 Å². The van der Waals surface area contributed by atoms with Crippen LogP contribution >= 0.6 is 0 Å². The van der Waals surface area contributed by atoms with Crippen LogP contribution in [-0.4, -0.2) is 52.0 Å². The first-order valence-corrected chi connectivity index (χ1v) is 10.9. The van der Waals surface area contributed by atoms with Gasteiger partial charge < -0.3 is 24.7 Å². The third kappa shape index (κ3) is 3.73. The van der Waals surface area contributed by atoms with Gasteiger partial charge in [-0.25, -0.2) is 0 Å². The Bertz CT molecular complexity index is 1290. The number of aliphatic hydroxyl groups is 1. The van der Waals surface area contributed by atoms with E-state index in [4.69, 9.17) is 4.74 Å². The summed E-state index contributed by atoms with van der Waals surface area (Å²) in [4.78, 5) is 33.8. The van der Waals surface area contributed by atoms with Crippen LogP contribution in [0.25, 0.3) is 5.76 Å². The van der Waals surface area contributed by atoms with Crippen LogP contribution in [0.15, 0.2) is 72.6 Å². The second kappa shape index (κ2) is 8.55. The Hall–Kier alpha value is -4.33. The smallest absolute Gasteiger partial charge is 0.295 e. The van der Waals surface area contributed by atoms with Crippen molar-refractivity contribution in [3.8, 4) is 11.5 Å². The predicted octanol–water partition coefficient (Wildman–Crippen LogP) is 3.24. The summed E-state index contributed by atoms with van der Waals surface area (Å²) >= 11 is 0. The number of benzene rings is 2. The maximum atomic E-state index is 13.2. The summed E-state index contributed by atoms with van der Waals surface area (Å²) in [5, 5.41) is 21.1. The molecule has 2 N–H and O–H groups in total. The zero-order valence-electron chi connectivity index (χ0n) is 18.5. The third-order valence-electron chi connectivity index (χ3n) is 6.18. The lowest BCUT2D eigenvalue weighted by Crippen LogP contribution is -2.29. The number of phenols is 1. The number of ketones is 1. The lowest BCUT2D eigenvalue weighted by atomic mass is 9.94. The van der Waals surface area contributed by atoms with Gasteiger partial charge in [-0.05, 0) is 53.6 Å². The number of Topliss-reactive ketones (excluding diaryl/α,β-unsaturated/α-hetero) is 1. The molecule has 1 unspecified atom stereocenters. The highest BCUT2D eigenvalue weighted by atomic mass is 16.5. The average Bonchev–Trinajstić information content (AvgIpc) is 3.10. The maximum absolute atomic E-state index is 13.2. The summed E-state index contributed by atoms with van der Waals surface area (Å²) < 4.78 is 5.68. The SMILES string of the molecule is CN1CCOc2ccc(/C(O)=C3/C(=O)C(=O)N(Cc4ccncc4)C3c3ccc(O)cc3)cc21. The van der Waals surface area contributed by atoms with Crippen molar-refractivity contribution in [2.75, 3.05) is 25.1 Å². The summed E-state index contributed by atoms with van der Waals surface area (Å²) in [6.07, 6.45) is 3.24. The fraction of sp³-hybridized carbons (Fsp3) is 0.192. The molecular weight excluding hydrogens is 434 g/mol. The lowest BCUT2D eigenvalue weighted by molar-refractivity contribution is -0.140. The standard InChI is InChI=1S/C26H23N3O5/c1-28-12-13-34-21-7-4-18(14-20(21)28)24(31)22-23(17-2-5-19(30)6-3-17)29(26(33)25(22)32)15-16-8-10-27-11-9-16/h2-11,14,23,30-31H,12-13,15H2,1H3/b24-22-. The number of nitrogens with zero attached hydrogens (tertiary/aromatic N) is 3. The van der Waals surface area contributed by atoms with Crippen molar-refractivity contribution in [1.82, 2.24) is 9.88 Å². The van der Waals surface area contributed by atoms with Crippen LogP contribution in [0.4, 0.5) is 5.69 Å². The summed E-state index contributed by atoms with van der Waals surface area (Å²) in [5.41, 5.74) is 2.62. The Kier molecular flexibility index (Phi) is 5.41. The molecule has 0 spiro atoms. The van der Waals surface area contributed by atoms with Crippen molar-refractivity contribution in [3.63, 3.8) is 0 Å². The second-order valence-electron chi connectivity index (χ2n) is 8.33. The van der Waals surface area contributed by atoms with Gasteiger partial charge in [0, 0.05) is 31.5 Å². The van der Waals surface area contributed by atoms with Crippen LogP contribution in [0, 0.1) is 0 Å². The molecule has 1 amide bonds. The van der Waals surface area contributed by atoms with E-state index >= 15 is 0 Å². The average molecular weight is 457 g/mol. The van der Waals surface area contributed by atoms with E-state index < -0.39 is 17.7 Å². The number of pyridine rings is 1. The number of carbonyl (C=O) groups excluding carboxylic acids is 2. The second-order valence-corrected chi connectivity index (χ2v) is 8.33. The quantitative estimate of drug-likeness (QED) is 0.352. The van der Waals surface area contributed by atoms with Crippen LogP contribution in [0.3, 0.4) is 0 Å². The molecule has 1 fully saturated rings. The number of ether oxygens (including phenoxy) is 1. The van der Waals surface area contributed by atoms with Gasteiger partial charge >= 0.3 is 0 Å². The summed E-state index contributed by atoms with van der Waals surface area (Å²) in [6, 6.07) is 14.2. The number of aromatic nitrogens is 1. The molecule has 0 aliphatic carbocycles. The molecule has 5 rings (SSSR count). The van der Waals surface area contributed by atoms with E-state index in [9.17, 15) is 19.8 Å². The molecule has 172 valence electrons. The number of amides is 1. The number of fused-ring (bicyclic) bond motifs is 1. The van der Waals surface area contributed by atoms with E-state index in [2.05, 4.69) is 4.98 Å². The molecule has 8 heteroatoms. The Labute approximate surface area is 196 Å². The number of hydrogen-bond acceptors (Lipinski definition) is 7. The van der Waals surface area contributed by atoms with Crippen LogP contribution in [0.1, 0.15) is 22.7 Å². The Morgan fingerprint density at radius 3 is 2.56 bits per heavy atom. The molecule has 2 aromatic carbocycles. The number of anilines is 1.